The molecule has 0 aliphatic carbocycles. The number of allylic oxidation sites excluding steroid dienone is 2. The molecular weight excluding hydrogens is 506 g/mol. The zero-order valence-corrected chi connectivity index (χ0v) is 20.8. The van der Waals surface area contributed by atoms with Gasteiger partial charge in [-0.2, -0.15) is 9.98 Å². The summed E-state index contributed by atoms with van der Waals surface area (Å²) in [6.45, 7) is 0. The molecule has 0 atom stereocenters. The van der Waals surface area contributed by atoms with Gasteiger partial charge in [0.2, 0.25) is 17.9 Å². The van der Waals surface area contributed by atoms with Crippen molar-refractivity contribution in [2.45, 2.75) is 0 Å². The number of para-hydroxylation sites is 2. The van der Waals surface area contributed by atoms with Gasteiger partial charge in [0, 0.05) is 21.9 Å². The van der Waals surface area contributed by atoms with Gasteiger partial charge in [0.15, 0.2) is 0 Å². The van der Waals surface area contributed by atoms with E-state index >= 15 is 0 Å². The lowest BCUT2D eigenvalue weighted by Gasteiger charge is -2.32. The van der Waals surface area contributed by atoms with Gasteiger partial charge in [-0.3, -0.25) is 4.57 Å². The molecule has 6 nitrogen and oxygen atoms in total. The van der Waals surface area contributed by atoms with Crippen molar-refractivity contribution in [2.75, 3.05) is 0 Å². The summed E-state index contributed by atoms with van der Waals surface area (Å²) in [6, 6.07) is 28.6. The number of aliphatic imine (C=N–C) groups is 4. The molecule has 0 bridgehead atoms. The van der Waals surface area contributed by atoms with Crippen LogP contribution < -0.4 is 0 Å². The fourth-order valence-electron chi connectivity index (χ4n) is 5.28. The van der Waals surface area contributed by atoms with E-state index in [0.717, 1.165) is 38.6 Å². The number of hydrogen-bond donors (Lipinski definition) is 0. The summed E-state index contributed by atoms with van der Waals surface area (Å²) in [5.74, 6) is 0.575. The number of halogens is 2. The second-order valence-corrected chi connectivity index (χ2v) is 9.55. The molecule has 0 saturated heterocycles. The first-order valence-electron chi connectivity index (χ1n) is 12.7. The van der Waals surface area contributed by atoms with E-state index in [0.29, 0.717) is 29.3 Å². The van der Waals surface area contributed by atoms with Crippen LogP contribution in [0, 0.1) is 11.6 Å². The third-order valence-corrected chi connectivity index (χ3v) is 7.13. The Hall–Kier alpha value is -5.50. The maximum absolute atomic E-state index is 13.7. The quantitative estimate of drug-likeness (QED) is 0.252. The molecule has 0 radical (unpaired) electrons. The Bertz CT molecular complexity index is 1960. The lowest BCUT2D eigenvalue weighted by molar-refractivity contribution is 0.627. The molecule has 0 saturated carbocycles. The highest BCUT2D eigenvalue weighted by Crippen LogP contribution is 2.33. The highest BCUT2D eigenvalue weighted by atomic mass is 19.1. The third-order valence-electron chi connectivity index (χ3n) is 7.13. The standard InChI is InChI=1S/C32H18F2N6/c33-21-13-9-19(10-14-21)26-17-23-18-27(20-11-15-22(34)16-12-20)36-31-38-32(37-30(35-26)39(23)31)40-28-7-3-1-5-24(28)25-6-2-4-8-29(25)40/h1-18H. The Morgan fingerprint density at radius 3 is 1.70 bits per heavy atom. The molecule has 8 heteroatoms. The second-order valence-electron chi connectivity index (χ2n) is 9.55. The van der Waals surface area contributed by atoms with Crippen molar-refractivity contribution in [3.05, 3.63) is 138 Å². The first-order valence-corrected chi connectivity index (χ1v) is 12.7. The number of benzene rings is 4. The molecule has 3 aliphatic heterocycles. The molecule has 0 spiro atoms. The van der Waals surface area contributed by atoms with Gasteiger partial charge in [0.05, 0.1) is 28.1 Å². The number of guanidine groups is 2. The molecule has 40 heavy (non-hydrogen) atoms. The van der Waals surface area contributed by atoms with Crippen LogP contribution in [-0.2, 0) is 0 Å². The molecule has 4 heterocycles. The van der Waals surface area contributed by atoms with E-state index in [1.54, 1.807) is 29.2 Å². The summed E-state index contributed by atoms with van der Waals surface area (Å²) < 4.78 is 29.4. The minimum atomic E-state index is -0.323. The molecular formula is C32H18F2N6. The Labute approximate surface area is 227 Å². The van der Waals surface area contributed by atoms with Gasteiger partial charge in [0.25, 0.3) is 0 Å². The smallest absolute Gasteiger partial charge is 0.241 e. The summed E-state index contributed by atoms with van der Waals surface area (Å²) >= 11 is 0. The fraction of sp³-hybridized carbons (Fsp3) is 0. The average molecular weight is 525 g/mol. The summed E-state index contributed by atoms with van der Waals surface area (Å²) in [4.78, 5) is 21.4. The van der Waals surface area contributed by atoms with E-state index in [1.165, 1.54) is 24.3 Å². The van der Waals surface area contributed by atoms with Gasteiger partial charge < -0.3 is 0 Å². The average Bonchev–Trinajstić information content (AvgIpc) is 3.32. The zero-order valence-electron chi connectivity index (χ0n) is 20.8. The van der Waals surface area contributed by atoms with Crippen LogP contribution in [0.25, 0.3) is 27.5 Å². The fourth-order valence-corrected chi connectivity index (χ4v) is 5.28. The van der Waals surface area contributed by atoms with Gasteiger partial charge in [0.1, 0.15) is 11.6 Å². The zero-order chi connectivity index (χ0) is 26.8. The second kappa shape index (κ2) is 8.51. The largest absolute Gasteiger partial charge is 0.278 e. The Morgan fingerprint density at radius 1 is 0.500 bits per heavy atom. The van der Waals surface area contributed by atoms with Crippen molar-refractivity contribution in [1.29, 1.82) is 0 Å². The SMILES string of the molecule is Fc1ccc(C2=CC3=CC(c4ccc(F)cc4)=NC4=NC(n5c6ccccc6c6ccccc65)=NC(=N2)N34)cc1. The number of rotatable bonds is 2. The first kappa shape index (κ1) is 22.5. The van der Waals surface area contributed by atoms with Crippen molar-refractivity contribution < 1.29 is 8.78 Å². The number of aromatic nitrogens is 1. The topological polar surface area (TPSA) is 57.6 Å². The molecule has 0 fully saturated rings. The molecule has 8 rings (SSSR count). The maximum Gasteiger partial charge on any atom is 0.241 e. The van der Waals surface area contributed by atoms with Crippen molar-refractivity contribution >= 4 is 51.1 Å². The van der Waals surface area contributed by atoms with Crippen LogP contribution in [0.1, 0.15) is 11.1 Å². The van der Waals surface area contributed by atoms with Crippen LogP contribution >= 0.6 is 0 Å². The molecule has 0 N–H and O–H groups in total. The van der Waals surface area contributed by atoms with Crippen LogP contribution in [0.5, 0.6) is 0 Å². The lowest BCUT2D eigenvalue weighted by atomic mass is 10.0. The Kier molecular flexibility index (Phi) is 4.78. The summed E-state index contributed by atoms with van der Waals surface area (Å²) in [5, 5.41) is 2.17. The van der Waals surface area contributed by atoms with Crippen LogP contribution in [0.15, 0.2) is 135 Å². The highest BCUT2D eigenvalue weighted by Gasteiger charge is 2.34. The monoisotopic (exact) mass is 524 g/mol. The first-order chi connectivity index (χ1) is 19.6. The summed E-state index contributed by atoms with van der Waals surface area (Å²) in [7, 11) is 0. The number of hydrogen-bond acceptors (Lipinski definition) is 5. The molecule has 1 aromatic heterocycles. The lowest BCUT2D eigenvalue weighted by Crippen LogP contribution is -2.42. The summed E-state index contributed by atoms with van der Waals surface area (Å²) in [6.07, 6.45) is 3.79. The van der Waals surface area contributed by atoms with Crippen LogP contribution in [0.2, 0.25) is 0 Å². The molecule has 0 amide bonds. The van der Waals surface area contributed by atoms with E-state index in [1.807, 2.05) is 53.1 Å². The van der Waals surface area contributed by atoms with Gasteiger partial charge in [-0.25, -0.2) is 23.7 Å². The molecule has 190 valence electrons. The van der Waals surface area contributed by atoms with E-state index < -0.39 is 0 Å². The third kappa shape index (κ3) is 3.46. The molecule has 5 aromatic rings. The van der Waals surface area contributed by atoms with Gasteiger partial charge in [-0.1, -0.05) is 36.4 Å². The minimum absolute atomic E-state index is 0.323. The van der Waals surface area contributed by atoms with Crippen LogP contribution in [-0.4, -0.2) is 33.1 Å². The van der Waals surface area contributed by atoms with Crippen LogP contribution in [0.3, 0.4) is 0 Å². The predicted molar refractivity (Wildman–Crippen MR) is 154 cm³/mol. The number of fused-ring (bicyclic) bond motifs is 3. The molecule has 3 aliphatic rings. The Balaban J connectivity index is 1.38. The highest BCUT2D eigenvalue weighted by molar-refractivity contribution is 6.26. The maximum atomic E-state index is 13.7. The number of nitrogens with zero attached hydrogens (tertiary/aromatic N) is 6. The van der Waals surface area contributed by atoms with Crippen molar-refractivity contribution in [3.63, 3.8) is 0 Å². The van der Waals surface area contributed by atoms with E-state index in [-0.39, 0.29) is 11.6 Å². The predicted octanol–water partition coefficient (Wildman–Crippen LogP) is 6.75. The van der Waals surface area contributed by atoms with Gasteiger partial charge in [-0.15, -0.1) is 0 Å². The van der Waals surface area contributed by atoms with E-state index in [9.17, 15) is 8.78 Å². The van der Waals surface area contributed by atoms with E-state index in [2.05, 4.69) is 12.1 Å². The van der Waals surface area contributed by atoms with Gasteiger partial charge in [-0.05, 0) is 72.8 Å². The van der Waals surface area contributed by atoms with Gasteiger partial charge >= 0.3 is 0 Å². The molecule has 4 aromatic carbocycles. The summed E-state index contributed by atoms with van der Waals surface area (Å²) in [5.41, 5.74) is 5.42. The molecule has 0 unspecified atom stereocenters. The van der Waals surface area contributed by atoms with Crippen molar-refractivity contribution in [3.8, 4) is 0 Å². The minimum Gasteiger partial charge on any atom is -0.278 e. The van der Waals surface area contributed by atoms with Crippen LogP contribution in [0.4, 0.5) is 8.78 Å². The van der Waals surface area contributed by atoms with E-state index in [4.69, 9.17) is 20.0 Å². The van der Waals surface area contributed by atoms with Crippen molar-refractivity contribution in [1.82, 2.24) is 9.47 Å². The van der Waals surface area contributed by atoms with Crippen molar-refractivity contribution in [2.24, 2.45) is 20.0 Å². The normalized spacial score (nSPS) is 16.1. The Morgan fingerprint density at radius 2 is 1.05 bits per heavy atom.